The molecule has 1 heterocycles. The van der Waals surface area contributed by atoms with E-state index in [2.05, 4.69) is 9.71 Å². The van der Waals surface area contributed by atoms with Gasteiger partial charge in [-0.2, -0.15) is 0 Å². The molecule has 0 saturated heterocycles. The Kier molecular flexibility index (Phi) is 4.60. The number of nitrogens with one attached hydrogen (secondary N) is 1. The summed E-state index contributed by atoms with van der Waals surface area (Å²) in [7, 11) is -1.66. The maximum Gasteiger partial charge on any atom is 0.217 e. The minimum Gasteiger partial charge on any atom is -0.385 e. The van der Waals surface area contributed by atoms with E-state index in [0.29, 0.717) is 19.6 Å². The first-order valence-electron chi connectivity index (χ1n) is 6.38. The van der Waals surface area contributed by atoms with Crippen molar-refractivity contribution in [1.29, 1.82) is 0 Å². The number of sulfonamides is 1. The molecule has 0 aromatic carbocycles. The fourth-order valence-electron chi connectivity index (χ4n) is 2.03. The van der Waals surface area contributed by atoms with Gasteiger partial charge in [-0.3, -0.25) is 0 Å². The highest BCUT2D eigenvalue weighted by Crippen LogP contribution is 2.46. The van der Waals surface area contributed by atoms with E-state index >= 15 is 0 Å². The van der Waals surface area contributed by atoms with Crippen molar-refractivity contribution < 1.29 is 13.2 Å². The molecule has 0 spiro atoms. The highest BCUT2D eigenvalue weighted by molar-refractivity contribution is 7.91. The van der Waals surface area contributed by atoms with E-state index in [1.807, 2.05) is 12.3 Å². The van der Waals surface area contributed by atoms with Gasteiger partial charge in [0.05, 0.1) is 9.75 Å². The smallest absolute Gasteiger partial charge is 0.217 e. The SMILES string of the molecule is COCCC1(S(=O)(=O)NCC(C)c2nccs2)CC1. The van der Waals surface area contributed by atoms with Crippen LogP contribution in [-0.2, 0) is 14.8 Å². The highest BCUT2D eigenvalue weighted by atomic mass is 32.2. The lowest BCUT2D eigenvalue weighted by molar-refractivity contribution is 0.191. The Labute approximate surface area is 118 Å². The van der Waals surface area contributed by atoms with Crippen LogP contribution >= 0.6 is 11.3 Å². The monoisotopic (exact) mass is 304 g/mol. The van der Waals surface area contributed by atoms with Crippen LogP contribution in [-0.4, -0.2) is 38.4 Å². The summed E-state index contributed by atoms with van der Waals surface area (Å²) >= 11 is 1.55. The molecule has 1 atom stereocenters. The number of hydrogen-bond donors (Lipinski definition) is 1. The summed E-state index contributed by atoms with van der Waals surface area (Å²) in [5, 5.41) is 2.87. The van der Waals surface area contributed by atoms with E-state index in [0.717, 1.165) is 17.8 Å². The first kappa shape index (κ1) is 14.9. The molecule has 1 unspecified atom stereocenters. The van der Waals surface area contributed by atoms with Crippen molar-refractivity contribution in [3.8, 4) is 0 Å². The molecule has 1 fully saturated rings. The van der Waals surface area contributed by atoms with E-state index in [4.69, 9.17) is 4.74 Å². The lowest BCUT2D eigenvalue weighted by Crippen LogP contribution is -2.38. The van der Waals surface area contributed by atoms with Crippen molar-refractivity contribution >= 4 is 21.4 Å². The molecule has 108 valence electrons. The van der Waals surface area contributed by atoms with Gasteiger partial charge in [-0.05, 0) is 19.3 Å². The lowest BCUT2D eigenvalue weighted by atomic mass is 10.2. The molecule has 2 rings (SSSR count). The molecule has 1 aliphatic rings. The van der Waals surface area contributed by atoms with Crippen LogP contribution in [0.15, 0.2) is 11.6 Å². The van der Waals surface area contributed by atoms with Gasteiger partial charge in [0.15, 0.2) is 0 Å². The summed E-state index contributed by atoms with van der Waals surface area (Å²) < 4.78 is 31.8. The van der Waals surface area contributed by atoms with Gasteiger partial charge in [0, 0.05) is 37.8 Å². The molecule has 7 heteroatoms. The Morgan fingerprint density at radius 2 is 2.32 bits per heavy atom. The zero-order chi connectivity index (χ0) is 13.9. The fraction of sp³-hybridized carbons (Fsp3) is 0.750. The topological polar surface area (TPSA) is 68.3 Å². The molecule has 1 N–H and O–H groups in total. The predicted octanol–water partition coefficient (Wildman–Crippen LogP) is 1.74. The molecule has 0 aliphatic heterocycles. The van der Waals surface area contributed by atoms with Crippen LogP contribution in [0.25, 0.3) is 0 Å². The minimum atomic E-state index is -3.26. The molecule has 19 heavy (non-hydrogen) atoms. The van der Waals surface area contributed by atoms with E-state index in [-0.39, 0.29) is 5.92 Å². The molecule has 1 aromatic heterocycles. The van der Waals surface area contributed by atoms with Gasteiger partial charge in [0.1, 0.15) is 0 Å². The van der Waals surface area contributed by atoms with Crippen LogP contribution in [0.4, 0.5) is 0 Å². The number of ether oxygens (including phenoxy) is 1. The second kappa shape index (κ2) is 5.87. The molecule has 0 radical (unpaired) electrons. The standard InChI is InChI=1S/C12H20N2O3S2/c1-10(11-13-6-8-18-11)9-14-19(15,16)12(3-4-12)5-7-17-2/h6,8,10,14H,3-5,7,9H2,1-2H3. The summed E-state index contributed by atoms with van der Waals surface area (Å²) in [4.78, 5) is 4.21. The number of aromatic nitrogens is 1. The van der Waals surface area contributed by atoms with Gasteiger partial charge in [-0.15, -0.1) is 11.3 Å². The second-order valence-corrected chi connectivity index (χ2v) is 8.14. The molecular weight excluding hydrogens is 284 g/mol. The Morgan fingerprint density at radius 1 is 1.58 bits per heavy atom. The highest BCUT2D eigenvalue weighted by Gasteiger charge is 2.53. The number of methoxy groups -OCH3 is 1. The molecule has 0 bridgehead atoms. The van der Waals surface area contributed by atoms with E-state index in [1.54, 1.807) is 24.6 Å². The van der Waals surface area contributed by atoms with Crippen molar-refractivity contribution in [3.63, 3.8) is 0 Å². The maximum atomic E-state index is 12.3. The number of thiazole rings is 1. The van der Waals surface area contributed by atoms with Crippen molar-refractivity contribution in [2.24, 2.45) is 0 Å². The predicted molar refractivity (Wildman–Crippen MR) is 75.9 cm³/mol. The van der Waals surface area contributed by atoms with E-state index in [9.17, 15) is 8.42 Å². The summed E-state index contributed by atoms with van der Waals surface area (Å²) in [5.74, 6) is 0.105. The molecule has 1 aromatic rings. The first-order valence-corrected chi connectivity index (χ1v) is 8.74. The van der Waals surface area contributed by atoms with Crippen LogP contribution in [0.5, 0.6) is 0 Å². The zero-order valence-corrected chi connectivity index (χ0v) is 12.9. The molecule has 0 amide bonds. The lowest BCUT2D eigenvalue weighted by Gasteiger charge is -2.18. The average molecular weight is 304 g/mol. The summed E-state index contributed by atoms with van der Waals surface area (Å²) in [6.07, 6.45) is 3.78. The Morgan fingerprint density at radius 3 is 2.84 bits per heavy atom. The Hall–Kier alpha value is -0.500. The largest absolute Gasteiger partial charge is 0.385 e. The quantitative estimate of drug-likeness (QED) is 0.794. The number of nitrogens with zero attached hydrogens (tertiary/aromatic N) is 1. The van der Waals surface area contributed by atoms with Crippen LogP contribution in [0.1, 0.15) is 37.1 Å². The van der Waals surface area contributed by atoms with Crippen molar-refractivity contribution in [1.82, 2.24) is 9.71 Å². The van der Waals surface area contributed by atoms with E-state index < -0.39 is 14.8 Å². The van der Waals surface area contributed by atoms with Gasteiger partial charge in [-0.1, -0.05) is 6.92 Å². The van der Waals surface area contributed by atoms with Crippen molar-refractivity contribution in [2.75, 3.05) is 20.3 Å². The van der Waals surface area contributed by atoms with Crippen molar-refractivity contribution in [3.05, 3.63) is 16.6 Å². The van der Waals surface area contributed by atoms with Crippen LogP contribution in [0.3, 0.4) is 0 Å². The van der Waals surface area contributed by atoms with Gasteiger partial charge >= 0.3 is 0 Å². The average Bonchev–Trinajstić information content (AvgIpc) is 2.99. The van der Waals surface area contributed by atoms with E-state index in [1.165, 1.54) is 0 Å². The van der Waals surface area contributed by atoms with Crippen molar-refractivity contribution in [2.45, 2.75) is 36.9 Å². The first-order chi connectivity index (χ1) is 9.01. The van der Waals surface area contributed by atoms with Gasteiger partial charge in [0.25, 0.3) is 0 Å². The zero-order valence-electron chi connectivity index (χ0n) is 11.3. The third kappa shape index (κ3) is 3.34. The second-order valence-electron chi connectivity index (χ2n) is 5.05. The Balaban J connectivity index is 1.91. The van der Waals surface area contributed by atoms with Crippen LogP contribution in [0, 0.1) is 0 Å². The summed E-state index contributed by atoms with van der Waals surface area (Å²) in [6, 6.07) is 0. The summed E-state index contributed by atoms with van der Waals surface area (Å²) in [6.45, 7) is 2.88. The normalized spacial score (nSPS) is 19.3. The molecular formula is C12H20N2O3S2. The molecule has 5 nitrogen and oxygen atoms in total. The number of rotatable bonds is 8. The molecule has 1 saturated carbocycles. The fourth-order valence-corrected chi connectivity index (χ4v) is 4.50. The molecule has 1 aliphatic carbocycles. The number of hydrogen-bond acceptors (Lipinski definition) is 5. The van der Waals surface area contributed by atoms with Crippen LogP contribution < -0.4 is 4.72 Å². The van der Waals surface area contributed by atoms with Gasteiger partial charge in [-0.25, -0.2) is 18.1 Å². The third-order valence-electron chi connectivity index (χ3n) is 3.59. The summed E-state index contributed by atoms with van der Waals surface area (Å²) in [5.41, 5.74) is 0. The van der Waals surface area contributed by atoms with Crippen LogP contribution in [0.2, 0.25) is 0 Å². The Bertz CT molecular complexity index is 495. The maximum absolute atomic E-state index is 12.3. The van der Waals surface area contributed by atoms with Gasteiger partial charge in [0.2, 0.25) is 10.0 Å². The third-order valence-corrected chi connectivity index (χ3v) is 6.90. The minimum absolute atomic E-state index is 0.105. The van der Waals surface area contributed by atoms with Gasteiger partial charge < -0.3 is 4.74 Å².